The van der Waals surface area contributed by atoms with Gasteiger partial charge in [-0.15, -0.1) is 0 Å². The van der Waals surface area contributed by atoms with Crippen molar-refractivity contribution in [2.75, 3.05) is 6.61 Å². The lowest BCUT2D eigenvalue weighted by atomic mass is 10.1. The summed E-state index contributed by atoms with van der Waals surface area (Å²) in [5.74, 6) is -0.452. The number of ether oxygens (including phenoxy) is 1. The molecule has 1 unspecified atom stereocenters. The van der Waals surface area contributed by atoms with E-state index in [4.69, 9.17) is 27.0 Å². The van der Waals surface area contributed by atoms with Crippen LogP contribution in [0.5, 0.6) is 0 Å². The van der Waals surface area contributed by atoms with Crippen molar-refractivity contribution in [3.63, 3.8) is 0 Å². The van der Waals surface area contributed by atoms with E-state index in [1.165, 1.54) is 6.07 Å². The molecule has 0 saturated carbocycles. The molecule has 118 valence electrons. The van der Waals surface area contributed by atoms with Gasteiger partial charge in [0.15, 0.2) is 0 Å². The van der Waals surface area contributed by atoms with Crippen molar-refractivity contribution in [1.29, 1.82) is 0 Å². The van der Waals surface area contributed by atoms with Gasteiger partial charge in [-0.2, -0.15) is 0 Å². The highest BCUT2D eigenvalue weighted by molar-refractivity contribution is 9.10. The van der Waals surface area contributed by atoms with E-state index in [1.54, 1.807) is 0 Å². The molecule has 0 fully saturated rings. The minimum absolute atomic E-state index is 0.0334. The third-order valence-electron chi connectivity index (χ3n) is 2.78. The molecule has 4 nitrogen and oxygen atoms in total. The van der Waals surface area contributed by atoms with Gasteiger partial charge in [0, 0.05) is 15.2 Å². The highest BCUT2D eigenvalue weighted by Crippen LogP contribution is 2.31. The Bertz CT molecular complexity index is 631. The summed E-state index contributed by atoms with van der Waals surface area (Å²) in [4.78, 5) is 11.8. The summed E-state index contributed by atoms with van der Waals surface area (Å²) in [6.45, 7) is 4.26. The molecule has 1 aromatic carbocycles. The van der Waals surface area contributed by atoms with Gasteiger partial charge in [-0.25, -0.2) is 13.2 Å². The maximum absolute atomic E-state index is 12.0. The van der Waals surface area contributed by atoms with Crippen LogP contribution in [0.3, 0.4) is 0 Å². The van der Waals surface area contributed by atoms with Gasteiger partial charge in [0.05, 0.1) is 22.1 Å². The highest BCUT2D eigenvalue weighted by atomic mass is 79.9. The molecular formula is C13H15BrCl2O4S. The average Bonchev–Trinajstić information content (AvgIpc) is 2.38. The summed E-state index contributed by atoms with van der Waals surface area (Å²) in [5.41, 5.74) is -0.0334. The Balaban J connectivity index is 3.01. The van der Waals surface area contributed by atoms with Crippen molar-refractivity contribution in [3.05, 3.63) is 27.2 Å². The number of hydrogen-bond acceptors (Lipinski definition) is 4. The normalized spacial score (nSPS) is 13.0. The first-order valence-corrected chi connectivity index (χ1v) is 9.75. The number of benzene rings is 1. The molecular weight excluding hydrogens is 403 g/mol. The van der Waals surface area contributed by atoms with E-state index in [-0.39, 0.29) is 32.5 Å². The first kappa shape index (κ1) is 18.7. The molecule has 8 heteroatoms. The average molecular weight is 418 g/mol. The number of halogens is 3. The van der Waals surface area contributed by atoms with Crippen LogP contribution in [0.15, 0.2) is 21.5 Å². The van der Waals surface area contributed by atoms with Gasteiger partial charge in [0.1, 0.15) is 0 Å². The van der Waals surface area contributed by atoms with Crippen molar-refractivity contribution >= 4 is 53.2 Å². The molecule has 0 saturated heterocycles. The van der Waals surface area contributed by atoms with Gasteiger partial charge in [0.2, 0.25) is 0 Å². The Hall–Kier alpha value is -0.300. The standard InChI is InChI=1S/C13H15BrCl2O4S/c1-3-4-8(2)7-20-13(17)10-5-9(21(16,18)19)6-11(14)12(10)15/h5-6,8H,3-4,7H2,1-2H3. The van der Waals surface area contributed by atoms with E-state index in [0.29, 0.717) is 0 Å². The second-order valence-corrected chi connectivity index (χ2v) is 8.50. The quantitative estimate of drug-likeness (QED) is 0.500. The zero-order valence-electron chi connectivity index (χ0n) is 11.5. The van der Waals surface area contributed by atoms with Gasteiger partial charge in [-0.3, -0.25) is 0 Å². The summed E-state index contributed by atoms with van der Waals surface area (Å²) in [6, 6.07) is 2.35. The van der Waals surface area contributed by atoms with E-state index in [9.17, 15) is 13.2 Å². The monoisotopic (exact) mass is 416 g/mol. The molecule has 1 atom stereocenters. The predicted octanol–water partition coefficient (Wildman–Crippen LogP) is 4.62. The Morgan fingerprint density at radius 3 is 2.57 bits per heavy atom. The van der Waals surface area contributed by atoms with Crippen molar-refractivity contribution in [3.8, 4) is 0 Å². The maximum Gasteiger partial charge on any atom is 0.339 e. The van der Waals surface area contributed by atoms with Crippen LogP contribution in [0.1, 0.15) is 37.0 Å². The largest absolute Gasteiger partial charge is 0.462 e. The lowest BCUT2D eigenvalue weighted by Crippen LogP contribution is -2.13. The Labute approximate surface area is 142 Å². The molecule has 0 spiro atoms. The third kappa shape index (κ3) is 5.43. The van der Waals surface area contributed by atoms with Crippen molar-refractivity contribution < 1.29 is 17.9 Å². The molecule has 0 aromatic heterocycles. The summed E-state index contributed by atoms with van der Waals surface area (Å²) < 4.78 is 28.2. The summed E-state index contributed by atoms with van der Waals surface area (Å²) in [6.07, 6.45) is 1.92. The number of hydrogen-bond donors (Lipinski definition) is 0. The first-order chi connectivity index (χ1) is 9.66. The van der Waals surface area contributed by atoms with Gasteiger partial charge in [0.25, 0.3) is 9.05 Å². The number of rotatable bonds is 6. The van der Waals surface area contributed by atoms with E-state index >= 15 is 0 Å². The molecule has 0 amide bonds. The smallest absolute Gasteiger partial charge is 0.339 e. The summed E-state index contributed by atoms with van der Waals surface area (Å²) in [7, 11) is 1.32. The lowest BCUT2D eigenvalue weighted by molar-refractivity contribution is 0.0443. The van der Waals surface area contributed by atoms with E-state index in [0.717, 1.165) is 18.9 Å². The summed E-state index contributed by atoms with van der Waals surface area (Å²) in [5, 5.41) is 0.0900. The minimum Gasteiger partial charge on any atom is -0.462 e. The summed E-state index contributed by atoms with van der Waals surface area (Å²) >= 11 is 9.10. The van der Waals surface area contributed by atoms with Crippen LogP contribution in [-0.4, -0.2) is 21.0 Å². The van der Waals surface area contributed by atoms with Crippen LogP contribution in [-0.2, 0) is 13.8 Å². The third-order valence-corrected chi connectivity index (χ3v) is 5.38. The molecule has 0 N–H and O–H groups in total. The van der Waals surface area contributed by atoms with Crippen molar-refractivity contribution in [1.82, 2.24) is 0 Å². The predicted molar refractivity (Wildman–Crippen MR) is 86.5 cm³/mol. The Kier molecular flexibility index (Phi) is 6.97. The molecule has 0 radical (unpaired) electrons. The Morgan fingerprint density at radius 1 is 1.43 bits per heavy atom. The maximum atomic E-state index is 12.0. The van der Waals surface area contributed by atoms with Crippen LogP contribution in [0.4, 0.5) is 0 Å². The van der Waals surface area contributed by atoms with E-state index < -0.39 is 15.0 Å². The molecule has 0 aliphatic rings. The number of carbonyl (C=O) groups is 1. The molecule has 0 heterocycles. The molecule has 1 aromatic rings. The van der Waals surface area contributed by atoms with Gasteiger partial charge in [-0.05, 0) is 40.4 Å². The van der Waals surface area contributed by atoms with Crippen LogP contribution in [0.25, 0.3) is 0 Å². The minimum atomic E-state index is -3.96. The molecule has 21 heavy (non-hydrogen) atoms. The molecule has 1 rings (SSSR count). The molecule has 0 aliphatic carbocycles. The lowest BCUT2D eigenvalue weighted by Gasteiger charge is -2.12. The highest BCUT2D eigenvalue weighted by Gasteiger charge is 2.21. The van der Waals surface area contributed by atoms with E-state index in [1.807, 2.05) is 13.8 Å². The molecule has 0 bridgehead atoms. The van der Waals surface area contributed by atoms with Crippen LogP contribution < -0.4 is 0 Å². The van der Waals surface area contributed by atoms with Gasteiger partial charge >= 0.3 is 5.97 Å². The SMILES string of the molecule is CCCC(C)COC(=O)c1cc(S(=O)(=O)Cl)cc(Br)c1Cl. The van der Waals surface area contributed by atoms with Crippen molar-refractivity contribution in [2.24, 2.45) is 5.92 Å². The zero-order chi connectivity index (χ0) is 16.2. The fourth-order valence-corrected chi connectivity index (χ4v) is 3.31. The van der Waals surface area contributed by atoms with Crippen LogP contribution >= 0.6 is 38.2 Å². The topological polar surface area (TPSA) is 60.4 Å². The second kappa shape index (κ2) is 7.81. The second-order valence-electron chi connectivity index (χ2n) is 4.70. The van der Waals surface area contributed by atoms with Crippen molar-refractivity contribution in [2.45, 2.75) is 31.6 Å². The molecule has 0 aliphatic heterocycles. The van der Waals surface area contributed by atoms with Crippen LogP contribution in [0.2, 0.25) is 5.02 Å². The van der Waals surface area contributed by atoms with Crippen LogP contribution in [0, 0.1) is 5.92 Å². The van der Waals surface area contributed by atoms with Gasteiger partial charge in [-0.1, -0.05) is 31.9 Å². The first-order valence-electron chi connectivity index (χ1n) is 6.27. The van der Waals surface area contributed by atoms with E-state index in [2.05, 4.69) is 15.9 Å². The fraction of sp³-hybridized carbons (Fsp3) is 0.462. The van der Waals surface area contributed by atoms with Gasteiger partial charge < -0.3 is 4.74 Å². The number of esters is 1. The number of carbonyl (C=O) groups excluding carboxylic acids is 1. The fourth-order valence-electron chi connectivity index (χ4n) is 1.73. The Morgan fingerprint density at radius 2 is 2.05 bits per heavy atom. The zero-order valence-corrected chi connectivity index (χ0v) is 15.4.